The summed E-state index contributed by atoms with van der Waals surface area (Å²) >= 11 is 3.08. The van der Waals surface area contributed by atoms with Gasteiger partial charge in [0.25, 0.3) is 5.89 Å². The third kappa shape index (κ3) is 2.59. The third-order valence-electron chi connectivity index (χ3n) is 2.81. The minimum atomic E-state index is -0.395. The lowest BCUT2D eigenvalue weighted by atomic mass is 10.2. The number of phenolic OH excluding ortho intramolecular Hbond substituents is 2. The number of halogens is 2. The van der Waals surface area contributed by atoms with E-state index in [0.29, 0.717) is 5.56 Å². The highest BCUT2D eigenvalue weighted by molar-refractivity contribution is 9.10. The van der Waals surface area contributed by atoms with Crippen molar-refractivity contribution in [3.05, 3.63) is 46.7 Å². The van der Waals surface area contributed by atoms with Crippen LogP contribution in [-0.2, 0) is 0 Å². The number of benzene rings is 2. The Morgan fingerprint density at radius 3 is 2.67 bits per heavy atom. The summed E-state index contributed by atoms with van der Waals surface area (Å²) in [4.78, 5) is 4.13. The van der Waals surface area contributed by atoms with Gasteiger partial charge in [0.15, 0.2) is 0 Å². The highest BCUT2D eigenvalue weighted by Crippen LogP contribution is 2.32. The van der Waals surface area contributed by atoms with Crippen LogP contribution in [-0.4, -0.2) is 20.4 Å². The number of aromatic nitrogens is 2. The van der Waals surface area contributed by atoms with Crippen LogP contribution in [0.2, 0.25) is 0 Å². The predicted molar refractivity (Wildman–Crippen MR) is 76.2 cm³/mol. The Bertz CT molecular complexity index is 820. The van der Waals surface area contributed by atoms with Gasteiger partial charge in [-0.1, -0.05) is 5.16 Å². The number of phenols is 2. The normalized spacial score (nSPS) is 10.8. The number of aromatic hydroxyl groups is 2. The quantitative estimate of drug-likeness (QED) is 0.688. The minimum absolute atomic E-state index is 0.0351. The Balaban J connectivity index is 2.03. The molecule has 0 fully saturated rings. The Kier molecular flexibility index (Phi) is 3.34. The largest absolute Gasteiger partial charge is 0.508 e. The fourth-order valence-electron chi connectivity index (χ4n) is 1.78. The molecule has 3 rings (SSSR count). The monoisotopic (exact) mass is 350 g/mol. The summed E-state index contributed by atoms with van der Waals surface area (Å²) in [5, 5.41) is 23.0. The summed E-state index contributed by atoms with van der Waals surface area (Å²) in [7, 11) is 0. The maximum Gasteiger partial charge on any atom is 0.262 e. The average molecular weight is 351 g/mol. The van der Waals surface area contributed by atoms with E-state index < -0.39 is 5.82 Å². The molecular formula is C14H8BrFN2O3. The lowest BCUT2D eigenvalue weighted by Crippen LogP contribution is -1.84. The SMILES string of the molecule is Oc1ccc(O)c(-c2nc(-c3ccc(F)c(Br)c3)no2)c1. The maximum absolute atomic E-state index is 13.2. The van der Waals surface area contributed by atoms with Crippen molar-refractivity contribution >= 4 is 15.9 Å². The van der Waals surface area contributed by atoms with Gasteiger partial charge in [-0.3, -0.25) is 0 Å². The zero-order valence-electron chi connectivity index (χ0n) is 10.4. The second-order valence-corrected chi connectivity index (χ2v) is 5.11. The van der Waals surface area contributed by atoms with Gasteiger partial charge in [0.1, 0.15) is 17.3 Å². The molecule has 0 unspecified atom stereocenters. The number of hydrogen-bond donors (Lipinski definition) is 2. The standard InChI is InChI=1S/C14H8BrFN2O3/c15-10-5-7(1-3-11(10)16)13-17-14(21-18-13)9-6-8(19)2-4-12(9)20/h1-6,19-20H. The van der Waals surface area contributed by atoms with Gasteiger partial charge in [-0.2, -0.15) is 4.98 Å². The van der Waals surface area contributed by atoms with E-state index in [1.807, 2.05) is 0 Å². The summed E-state index contributed by atoms with van der Waals surface area (Å²) in [6.07, 6.45) is 0. The zero-order valence-corrected chi connectivity index (χ0v) is 12.0. The van der Waals surface area contributed by atoms with Crippen LogP contribution >= 0.6 is 15.9 Å². The molecule has 0 bridgehead atoms. The summed E-state index contributed by atoms with van der Waals surface area (Å²) in [6.45, 7) is 0. The van der Waals surface area contributed by atoms with Crippen LogP contribution in [0.5, 0.6) is 11.5 Å². The van der Waals surface area contributed by atoms with Crippen molar-refractivity contribution in [3.63, 3.8) is 0 Å². The molecule has 3 aromatic rings. The minimum Gasteiger partial charge on any atom is -0.508 e. The molecular weight excluding hydrogens is 343 g/mol. The van der Waals surface area contributed by atoms with E-state index in [1.54, 1.807) is 0 Å². The van der Waals surface area contributed by atoms with Crippen molar-refractivity contribution in [2.45, 2.75) is 0 Å². The van der Waals surface area contributed by atoms with E-state index in [2.05, 4.69) is 26.1 Å². The number of rotatable bonds is 2. The maximum atomic E-state index is 13.2. The average Bonchev–Trinajstić information content (AvgIpc) is 2.94. The van der Waals surface area contributed by atoms with Crippen LogP contribution in [0.4, 0.5) is 4.39 Å². The van der Waals surface area contributed by atoms with Crippen molar-refractivity contribution in [1.82, 2.24) is 10.1 Å². The van der Waals surface area contributed by atoms with Gasteiger partial charge in [0.05, 0.1) is 10.0 Å². The van der Waals surface area contributed by atoms with Crippen LogP contribution in [0.3, 0.4) is 0 Å². The molecule has 0 amide bonds. The summed E-state index contributed by atoms with van der Waals surface area (Å²) < 4.78 is 18.6. The summed E-state index contributed by atoms with van der Waals surface area (Å²) in [6, 6.07) is 8.29. The molecule has 0 aliphatic heterocycles. The van der Waals surface area contributed by atoms with Crippen LogP contribution in [0.25, 0.3) is 22.8 Å². The fraction of sp³-hybridized carbons (Fsp3) is 0. The molecule has 106 valence electrons. The molecule has 0 aliphatic rings. The zero-order chi connectivity index (χ0) is 15.0. The first-order chi connectivity index (χ1) is 10.0. The van der Waals surface area contributed by atoms with E-state index >= 15 is 0 Å². The van der Waals surface area contributed by atoms with Crippen molar-refractivity contribution in [3.8, 4) is 34.3 Å². The molecule has 0 saturated heterocycles. The highest BCUT2D eigenvalue weighted by atomic mass is 79.9. The summed E-state index contributed by atoms with van der Waals surface area (Å²) in [5.41, 5.74) is 0.771. The van der Waals surface area contributed by atoms with Gasteiger partial charge in [0.2, 0.25) is 5.82 Å². The van der Waals surface area contributed by atoms with Gasteiger partial charge in [-0.15, -0.1) is 0 Å². The molecule has 7 heteroatoms. The van der Waals surface area contributed by atoms with Gasteiger partial charge >= 0.3 is 0 Å². The first kappa shape index (κ1) is 13.6. The van der Waals surface area contributed by atoms with Crippen LogP contribution in [0.1, 0.15) is 0 Å². The van der Waals surface area contributed by atoms with E-state index in [9.17, 15) is 14.6 Å². The number of nitrogens with zero attached hydrogens (tertiary/aromatic N) is 2. The Labute approximate surface area is 126 Å². The van der Waals surface area contributed by atoms with E-state index in [4.69, 9.17) is 4.52 Å². The second kappa shape index (κ2) is 5.17. The predicted octanol–water partition coefficient (Wildman–Crippen LogP) is 3.72. The van der Waals surface area contributed by atoms with Gasteiger partial charge in [0, 0.05) is 5.56 Å². The molecule has 5 nitrogen and oxygen atoms in total. The van der Waals surface area contributed by atoms with Crippen molar-refractivity contribution in [2.75, 3.05) is 0 Å². The van der Waals surface area contributed by atoms with Crippen LogP contribution < -0.4 is 0 Å². The molecule has 2 aromatic carbocycles. The van der Waals surface area contributed by atoms with Crippen LogP contribution in [0, 0.1) is 5.82 Å². The topological polar surface area (TPSA) is 79.4 Å². The third-order valence-corrected chi connectivity index (χ3v) is 3.42. The molecule has 21 heavy (non-hydrogen) atoms. The van der Waals surface area contributed by atoms with Gasteiger partial charge in [-0.05, 0) is 52.3 Å². The van der Waals surface area contributed by atoms with Crippen LogP contribution in [0.15, 0.2) is 45.4 Å². The van der Waals surface area contributed by atoms with Crippen molar-refractivity contribution < 1.29 is 19.1 Å². The molecule has 0 saturated carbocycles. The smallest absolute Gasteiger partial charge is 0.262 e. The molecule has 0 aliphatic carbocycles. The Morgan fingerprint density at radius 1 is 1.10 bits per heavy atom. The Morgan fingerprint density at radius 2 is 1.90 bits per heavy atom. The van der Waals surface area contributed by atoms with Crippen molar-refractivity contribution in [2.24, 2.45) is 0 Å². The van der Waals surface area contributed by atoms with Crippen molar-refractivity contribution in [1.29, 1.82) is 0 Å². The van der Waals surface area contributed by atoms with Gasteiger partial charge in [-0.25, -0.2) is 4.39 Å². The highest BCUT2D eigenvalue weighted by Gasteiger charge is 2.15. The molecule has 0 radical (unpaired) electrons. The molecule has 1 aromatic heterocycles. The first-order valence-electron chi connectivity index (χ1n) is 5.86. The molecule has 0 spiro atoms. The molecule has 2 N–H and O–H groups in total. The fourth-order valence-corrected chi connectivity index (χ4v) is 2.16. The molecule has 0 atom stereocenters. The van der Waals surface area contributed by atoms with E-state index in [1.165, 1.54) is 36.4 Å². The number of hydrogen-bond acceptors (Lipinski definition) is 5. The Hall–Kier alpha value is -2.41. The lowest BCUT2D eigenvalue weighted by molar-refractivity contribution is 0.423. The summed E-state index contributed by atoms with van der Waals surface area (Å²) in [5.74, 6) is -0.226. The second-order valence-electron chi connectivity index (χ2n) is 4.25. The van der Waals surface area contributed by atoms with E-state index in [-0.39, 0.29) is 33.3 Å². The molecule has 1 heterocycles. The van der Waals surface area contributed by atoms with Gasteiger partial charge < -0.3 is 14.7 Å². The first-order valence-corrected chi connectivity index (χ1v) is 6.65. The van der Waals surface area contributed by atoms with E-state index in [0.717, 1.165) is 0 Å². The lowest BCUT2D eigenvalue weighted by Gasteiger charge is -1.99.